The summed E-state index contributed by atoms with van der Waals surface area (Å²) in [5.41, 5.74) is -0.389. The third-order valence-corrected chi connectivity index (χ3v) is 12.4. The Hall–Kier alpha value is -4.34. The maximum atomic E-state index is 14.5. The van der Waals surface area contributed by atoms with Crippen LogP contribution in [0.2, 0.25) is 0 Å². The van der Waals surface area contributed by atoms with E-state index in [2.05, 4.69) is 49.5 Å². The summed E-state index contributed by atoms with van der Waals surface area (Å²) in [6.07, 6.45) is 8.84. The number of carbonyl (C=O) groups is 4. The maximum Gasteiger partial charge on any atom is 0.407 e. The molecule has 5 aliphatic rings. The highest BCUT2D eigenvalue weighted by Crippen LogP contribution is 2.46. The number of ether oxygens (including phenoxy) is 1. The van der Waals surface area contributed by atoms with Gasteiger partial charge in [0.25, 0.3) is 5.91 Å². The minimum Gasteiger partial charge on any atom is -0.450 e. The summed E-state index contributed by atoms with van der Waals surface area (Å²) in [6, 6.07) is 5.80. The first-order valence-electron chi connectivity index (χ1n) is 18.4. The maximum absolute atomic E-state index is 14.5. The highest BCUT2D eigenvalue weighted by atomic mass is 32.2. The molecule has 3 N–H and O–H groups in total. The molecule has 4 amide bonds. The number of tetrazole rings is 1. The number of alkyl carbamates (subject to hydrolysis) is 1. The number of aryl methyl sites for hydroxylation is 1. The van der Waals surface area contributed by atoms with Gasteiger partial charge in [0.05, 0.1) is 17.5 Å². The molecule has 52 heavy (non-hydrogen) atoms. The molecule has 1 saturated heterocycles. The Bertz CT molecular complexity index is 1790. The van der Waals surface area contributed by atoms with Crippen LogP contribution in [-0.2, 0) is 35.6 Å². The molecule has 1 aromatic carbocycles. The Morgan fingerprint density at radius 3 is 2.40 bits per heavy atom. The zero-order valence-electron chi connectivity index (χ0n) is 30.2. The topological polar surface area (TPSA) is 195 Å². The van der Waals surface area contributed by atoms with Crippen LogP contribution in [0.3, 0.4) is 0 Å². The molecule has 7 rings (SSSR count). The van der Waals surface area contributed by atoms with Crippen LogP contribution in [0.1, 0.15) is 102 Å². The predicted molar refractivity (Wildman–Crippen MR) is 190 cm³/mol. The molecule has 2 aromatic rings. The third kappa shape index (κ3) is 8.31. The van der Waals surface area contributed by atoms with Gasteiger partial charge in [-0.2, -0.15) is 0 Å². The minimum atomic E-state index is -3.89. The van der Waals surface area contributed by atoms with Crippen LogP contribution in [0.15, 0.2) is 36.9 Å². The first-order valence-corrected chi connectivity index (χ1v) is 19.9. The van der Waals surface area contributed by atoms with Gasteiger partial charge in [-0.3, -0.25) is 19.1 Å². The number of aromatic nitrogens is 4. The molecule has 0 unspecified atom stereocenters. The van der Waals surface area contributed by atoms with E-state index in [0.717, 1.165) is 44.2 Å². The van der Waals surface area contributed by atoms with Gasteiger partial charge in [-0.15, -0.1) is 21.6 Å². The lowest BCUT2D eigenvalue weighted by molar-refractivity contribution is -0.142. The Kier molecular flexibility index (Phi) is 10.8. The number of fused-ring (bicyclic) bond motifs is 14. The van der Waals surface area contributed by atoms with E-state index in [1.807, 2.05) is 32.9 Å². The Morgan fingerprint density at radius 2 is 1.75 bits per heavy atom. The average Bonchev–Trinajstić information content (AvgIpc) is 3.98. The van der Waals surface area contributed by atoms with E-state index in [1.54, 1.807) is 0 Å². The van der Waals surface area contributed by atoms with Gasteiger partial charge in [-0.05, 0) is 73.3 Å². The lowest BCUT2D eigenvalue weighted by Crippen LogP contribution is -2.60. The number of hydrogen-bond acceptors (Lipinski definition) is 10. The second-order valence-corrected chi connectivity index (χ2v) is 17.6. The minimum absolute atomic E-state index is 0.0327. The van der Waals surface area contributed by atoms with Gasteiger partial charge in [0.1, 0.15) is 17.6 Å². The second-order valence-electron chi connectivity index (χ2n) is 15.7. The van der Waals surface area contributed by atoms with E-state index in [9.17, 15) is 27.6 Å². The van der Waals surface area contributed by atoms with Gasteiger partial charge in [0.15, 0.2) is 5.82 Å². The summed E-state index contributed by atoms with van der Waals surface area (Å²) in [4.78, 5) is 58.0. The first-order chi connectivity index (χ1) is 24.7. The number of hydrogen-bond donors (Lipinski definition) is 3. The van der Waals surface area contributed by atoms with E-state index < -0.39 is 74.0 Å². The third-order valence-electron chi connectivity index (χ3n) is 10.6. The zero-order valence-corrected chi connectivity index (χ0v) is 31.0. The summed E-state index contributed by atoms with van der Waals surface area (Å²) in [7, 11) is -3.89. The first kappa shape index (κ1) is 37.4. The van der Waals surface area contributed by atoms with Crippen molar-refractivity contribution in [3.05, 3.63) is 48.3 Å². The molecular weight excluding hydrogens is 689 g/mol. The highest BCUT2D eigenvalue weighted by Gasteiger charge is 2.62. The summed E-state index contributed by atoms with van der Waals surface area (Å²) in [5.74, 6) is -2.68. The highest BCUT2D eigenvalue weighted by molar-refractivity contribution is 7.91. The molecule has 6 bridgehead atoms. The van der Waals surface area contributed by atoms with E-state index in [1.165, 1.54) is 21.3 Å². The van der Waals surface area contributed by atoms with Crippen molar-refractivity contribution in [3.8, 4) is 5.69 Å². The van der Waals surface area contributed by atoms with Crippen molar-refractivity contribution >= 4 is 33.8 Å². The smallest absolute Gasteiger partial charge is 0.407 e. The van der Waals surface area contributed by atoms with Crippen LogP contribution in [0.5, 0.6) is 0 Å². The molecule has 0 spiro atoms. The van der Waals surface area contributed by atoms with Gasteiger partial charge in [0.2, 0.25) is 21.8 Å². The van der Waals surface area contributed by atoms with Crippen molar-refractivity contribution in [1.82, 2.24) is 40.5 Å². The normalized spacial score (nSPS) is 27.6. The van der Waals surface area contributed by atoms with Gasteiger partial charge < -0.3 is 20.3 Å². The fourth-order valence-electron chi connectivity index (χ4n) is 7.11. The fourth-order valence-corrected chi connectivity index (χ4v) is 8.47. The quantitative estimate of drug-likeness (QED) is 0.371. The molecule has 5 atom stereocenters. The Morgan fingerprint density at radius 1 is 1.06 bits per heavy atom. The molecule has 3 fully saturated rings. The number of carbonyl (C=O) groups excluding carboxylic acids is 4. The lowest BCUT2D eigenvalue weighted by Gasteiger charge is -2.35. The molecule has 282 valence electrons. The number of sulfonamides is 1. The second kappa shape index (κ2) is 15.0. The Labute approximate surface area is 304 Å². The summed E-state index contributed by atoms with van der Waals surface area (Å²) in [5, 5.41) is 18.1. The van der Waals surface area contributed by atoms with Crippen LogP contribution >= 0.6 is 0 Å². The van der Waals surface area contributed by atoms with Crippen molar-refractivity contribution in [1.29, 1.82) is 0 Å². The van der Waals surface area contributed by atoms with Crippen molar-refractivity contribution in [2.45, 2.75) is 120 Å². The fraction of sp³-hybridized carbons (Fsp3) is 0.639. The molecular formula is C36H50N8O7S. The Balaban J connectivity index is 1.29. The van der Waals surface area contributed by atoms with E-state index in [0.29, 0.717) is 25.1 Å². The van der Waals surface area contributed by atoms with Crippen LogP contribution in [0.4, 0.5) is 4.79 Å². The van der Waals surface area contributed by atoms with Crippen molar-refractivity contribution < 1.29 is 32.3 Å². The molecule has 16 heteroatoms. The summed E-state index contributed by atoms with van der Waals surface area (Å²) in [6.45, 7) is 9.44. The SMILES string of the molecule is C=C[C@@H]1C[C@]1(NC(=O)[C@@H]1C[C@@H]2CN1C(=O)[C@H](C(C)(C)C)NC(=O)OCCCCCCCCc1ccc(cc1)-n1nnc2n1)C(=O)NS(=O)(=O)C1CC1. The van der Waals surface area contributed by atoms with Gasteiger partial charge in [-0.1, -0.05) is 64.7 Å². The van der Waals surface area contributed by atoms with Crippen LogP contribution < -0.4 is 15.4 Å². The van der Waals surface area contributed by atoms with E-state index in [-0.39, 0.29) is 26.0 Å². The molecule has 3 aliphatic heterocycles. The van der Waals surface area contributed by atoms with Gasteiger partial charge in [0, 0.05) is 18.4 Å². The molecule has 15 nitrogen and oxygen atoms in total. The summed E-state index contributed by atoms with van der Waals surface area (Å²) < 4.78 is 33.0. The van der Waals surface area contributed by atoms with E-state index >= 15 is 0 Å². The number of amides is 4. The van der Waals surface area contributed by atoms with Crippen LogP contribution in [-0.4, -0.2) is 93.4 Å². The van der Waals surface area contributed by atoms with Crippen LogP contribution in [0.25, 0.3) is 5.69 Å². The number of nitrogens with zero attached hydrogens (tertiary/aromatic N) is 5. The lowest BCUT2D eigenvalue weighted by atomic mass is 9.85. The average molecular weight is 739 g/mol. The standard InChI is InChI=1S/C36H50N8O7S/c1-5-25-21-36(25,33(47)41-52(49,50)27-17-18-27)38-31(45)28-20-24-22-43(28)32(46)29(35(2,3)4)37-34(48)51-19-11-9-7-6-8-10-12-23-13-15-26(16-14-23)44-40-30(24)39-42-44/h5,13-16,24-25,27-29H,1,6-12,17-22H2,2-4H3,(H,37,48)(H,38,45)(H,41,47)/t24-,25-,28+,29-,36-/m1/s1. The van der Waals surface area contributed by atoms with Crippen LogP contribution in [0, 0.1) is 11.3 Å². The molecule has 2 saturated carbocycles. The molecule has 1 aromatic heterocycles. The largest absolute Gasteiger partial charge is 0.450 e. The summed E-state index contributed by atoms with van der Waals surface area (Å²) >= 11 is 0. The molecule has 0 radical (unpaired) electrons. The monoisotopic (exact) mass is 738 g/mol. The van der Waals surface area contributed by atoms with Crippen molar-refractivity contribution in [3.63, 3.8) is 0 Å². The predicted octanol–water partition coefficient (Wildman–Crippen LogP) is 3.05. The van der Waals surface area contributed by atoms with E-state index in [4.69, 9.17) is 4.74 Å². The molecule has 2 aliphatic carbocycles. The number of benzene rings is 1. The van der Waals surface area contributed by atoms with Gasteiger partial charge in [-0.25, -0.2) is 13.2 Å². The van der Waals surface area contributed by atoms with Crippen molar-refractivity contribution in [2.24, 2.45) is 11.3 Å². The van der Waals surface area contributed by atoms with Crippen molar-refractivity contribution in [2.75, 3.05) is 13.2 Å². The van der Waals surface area contributed by atoms with Gasteiger partial charge >= 0.3 is 6.09 Å². The number of nitrogens with one attached hydrogen (secondary N) is 3. The molecule has 4 heterocycles. The number of rotatable bonds is 6. The zero-order chi connectivity index (χ0) is 37.3.